The molecule has 0 bridgehead atoms. The molecule has 0 aliphatic carbocycles. The SMILES string of the molecule is Cc1c(CC(C)N)sc2c(NCc3ccc(F)s3)nc(Cl)nc12. The Morgan fingerprint density at radius 1 is 1.35 bits per heavy atom. The maximum atomic E-state index is 13.1. The number of aromatic nitrogens is 2. The van der Waals surface area contributed by atoms with Crippen molar-refractivity contribution in [3.63, 3.8) is 0 Å². The summed E-state index contributed by atoms with van der Waals surface area (Å²) in [6.45, 7) is 4.50. The number of aryl methyl sites for hydroxylation is 1. The second-order valence-electron chi connectivity index (χ2n) is 5.41. The van der Waals surface area contributed by atoms with Crippen molar-refractivity contribution in [2.45, 2.75) is 32.9 Å². The molecule has 1 atom stereocenters. The molecule has 122 valence electrons. The number of hydrogen-bond donors (Lipinski definition) is 2. The second-order valence-corrected chi connectivity index (χ2v) is 7.97. The van der Waals surface area contributed by atoms with Crippen LogP contribution in [-0.4, -0.2) is 16.0 Å². The van der Waals surface area contributed by atoms with Gasteiger partial charge in [0.05, 0.1) is 16.8 Å². The van der Waals surface area contributed by atoms with Crippen LogP contribution in [0.2, 0.25) is 5.28 Å². The van der Waals surface area contributed by atoms with Gasteiger partial charge in [0.1, 0.15) is 5.82 Å². The number of fused-ring (bicyclic) bond motifs is 1. The minimum atomic E-state index is -0.196. The zero-order valence-corrected chi connectivity index (χ0v) is 15.1. The molecule has 0 aliphatic heterocycles. The van der Waals surface area contributed by atoms with Crippen LogP contribution in [0.15, 0.2) is 12.1 Å². The third-order valence-corrected chi connectivity index (χ3v) is 5.76. The molecular formula is C15H16ClFN4S2. The lowest BCUT2D eigenvalue weighted by Gasteiger charge is -2.05. The molecule has 3 heterocycles. The Hall–Kier alpha value is -1.28. The molecule has 4 nitrogen and oxygen atoms in total. The van der Waals surface area contributed by atoms with Crippen LogP contribution in [-0.2, 0) is 13.0 Å². The van der Waals surface area contributed by atoms with Gasteiger partial charge in [-0.15, -0.1) is 22.7 Å². The van der Waals surface area contributed by atoms with E-state index in [1.807, 2.05) is 13.8 Å². The first kappa shape index (κ1) is 16.6. The lowest BCUT2D eigenvalue weighted by Crippen LogP contribution is -2.17. The van der Waals surface area contributed by atoms with Crippen molar-refractivity contribution in [3.8, 4) is 0 Å². The summed E-state index contributed by atoms with van der Waals surface area (Å²) in [5.74, 6) is 0.679. The second kappa shape index (κ2) is 6.68. The van der Waals surface area contributed by atoms with Gasteiger partial charge in [0.25, 0.3) is 0 Å². The van der Waals surface area contributed by atoms with Gasteiger partial charge >= 0.3 is 0 Å². The van der Waals surface area contributed by atoms with E-state index in [0.29, 0.717) is 12.4 Å². The van der Waals surface area contributed by atoms with Crippen molar-refractivity contribution in [3.05, 3.63) is 37.9 Å². The van der Waals surface area contributed by atoms with Gasteiger partial charge in [0.15, 0.2) is 5.13 Å². The van der Waals surface area contributed by atoms with E-state index in [1.54, 1.807) is 17.4 Å². The maximum Gasteiger partial charge on any atom is 0.224 e. The van der Waals surface area contributed by atoms with E-state index >= 15 is 0 Å². The molecule has 8 heteroatoms. The average Bonchev–Trinajstić information content (AvgIpc) is 3.02. The molecule has 3 N–H and O–H groups in total. The van der Waals surface area contributed by atoms with Crippen LogP contribution in [0.3, 0.4) is 0 Å². The fourth-order valence-corrected chi connectivity index (χ4v) is 4.52. The highest BCUT2D eigenvalue weighted by Gasteiger charge is 2.16. The Labute approximate surface area is 146 Å². The Morgan fingerprint density at radius 2 is 2.13 bits per heavy atom. The van der Waals surface area contributed by atoms with Gasteiger partial charge in [-0.05, 0) is 49.6 Å². The quantitative estimate of drug-likeness (QED) is 0.655. The summed E-state index contributed by atoms with van der Waals surface area (Å²) < 4.78 is 14.0. The van der Waals surface area contributed by atoms with Crippen molar-refractivity contribution in [1.29, 1.82) is 0 Å². The minimum absolute atomic E-state index is 0.0793. The molecule has 0 amide bonds. The van der Waals surface area contributed by atoms with E-state index in [4.69, 9.17) is 17.3 Å². The van der Waals surface area contributed by atoms with Gasteiger partial charge in [-0.3, -0.25) is 0 Å². The van der Waals surface area contributed by atoms with E-state index in [0.717, 1.165) is 38.4 Å². The summed E-state index contributed by atoms with van der Waals surface area (Å²) in [5, 5.41) is 3.24. The predicted molar refractivity (Wildman–Crippen MR) is 96.1 cm³/mol. The Morgan fingerprint density at radius 3 is 2.78 bits per heavy atom. The fourth-order valence-electron chi connectivity index (χ4n) is 2.33. The van der Waals surface area contributed by atoms with Gasteiger partial charge in [-0.25, -0.2) is 4.98 Å². The van der Waals surface area contributed by atoms with Crippen molar-refractivity contribution < 1.29 is 4.39 Å². The summed E-state index contributed by atoms with van der Waals surface area (Å²) in [7, 11) is 0. The lowest BCUT2D eigenvalue weighted by molar-refractivity contribution is 0.657. The van der Waals surface area contributed by atoms with E-state index in [1.165, 1.54) is 10.9 Å². The number of nitrogens with one attached hydrogen (secondary N) is 1. The highest BCUT2D eigenvalue weighted by Crippen LogP contribution is 2.35. The molecule has 1 unspecified atom stereocenters. The molecule has 0 fully saturated rings. The van der Waals surface area contributed by atoms with Crippen molar-refractivity contribution in [1.82, 2.24) is 9.97 Å². The largest absolute Gasteiger partial charge is 0.364 e. The monoisotopic (exact) mass is 370 g/mol. The molecule has 3 aromatic heterocycles. The van der Waals surface area contributed by atoms with Gasteiger partial charge in [-0.1, -0.05) is 0 Å². The average molecular weight is 371 g/mol. The summed E-state index contributed by atoms with van der Waals surface area (Å²) in [4.78, 5) is 10.7. The highest BCUT2D eigenvalue weighted by atomic mass is 35.5. The van der Waals surface area contributed by atoms with Gasteiger partial charge < -0.3 is 11.1 Å². The molecule has 3 rings (SSSR count). The fraction of sp³-hybridized carbons (Fsp3) is 0.333. The normalized spacial score (nSPS) is 12.7. The highest BCUT2D eigenvalue weighted by molar-refractivity contribution is 7.19. The Balaban J connectivity index is 1.95. The number of hydrogen-bond acceptors (Lipinski definition) is 6. The first-order valence-electron chi connectivity index (χ1n) is 7.13. The molecule has 3 aromatic rings. The molecule has 0 saturated carbocycles. The Kier molecular flexibility index (Phi) is 4.82. The number of anilines is 1. The van der Waals surface area contributed by atoms with Crippen LogP contribution in [0.25, 0.3) is 10.2 Å². The van der Waals surface area contributed by atoms with E-state index in [2.05, 4.69) is 15.3 Å². The Bertz CT molecular complexity index is 843. The van der Waals surface area contributed by atoms with Gasteiger partial charge in [0.2, 0.25) is 5.28 Å². The van der Waals surface area contributed by atoms with Crippen LogP contribution in [0.1, 0.15) is 22.2 Å². The molecule has 0 saturated heterocycles. The standard InChI is InChI=1S/C15H16ClFN4S2/c1-7(18)5-10-8(2)12-13(23-10)14(21-15(16)20-12)19-6-9-3-4-11(17)22-9/h3-4,7H,5-6,18H2,1-2H3,(H,19,20,21). The van der Waals surface area contributed by atoms with Crippen molar-refractivity contribution in [2.75, 3.05) is 5.32 Å². The predicted octanol–water partition coefficient (Wildman–Crippen LogP) is 4.36. The van der Waals surface area contributed by atoms with Gasteiger partial charge in [-0.2, -0.15) is 9.37 Å². The third-order valence-electron chi connectivity index (χ3n) is 3.40. The molecule has 23 heavy (non-hydrogen) atoms. The molecule has 0 spiro atoms. The smallest absolute Gasteiger partial charge is 0.224 e. The topological polar surface area (TPSA) is 63.8 Å². The third kappa shape index (κ3) is 3.63. The summed E-state index contributed by atoms with van der Waals surface area (Å²) in [5.41, 5.74) is 7.86. The van der Waals surface area contributed by atoms with Crippen LogP contribution in [0.5, 0.6) is 0 Å². The lowest BCUT2D eigenvalue weighted by atomic mass is 10.1. The number of thiophene rings is 2. The number of rotatable bonds is 5. The van der Waals surface area contributed by atoms with Crippen molar-refractivity contribution >= 4 is 50.3 Å². The maximum absolute atomic E-state index is 13.1. The van der Waals surface area contributed by atoms with Gasteiger partial charge in [0, 0.05) is 15.8 Å². The van der Waals surface area contributed by atoms with Crippen LogP contribution in [0, 0.1) is 12.1 Å². The molecule has 0 aromatic carbocycles. The minimum Gasteiger partial charge on any atom is -0.364 e. The first-order chi connectivity index (χ1) is 10.9. The first-order valence-corrected chi connectivity index (χ1v) is 9.14. The van der Waals surface area contributed by atoms with E-state index in [-0.39, 0.29) is 16.5 Å². The molecule has 0 radical (unpaired) electrons. The molecular weight excluding hydrogens is 355 g/mol. The number of nitrogens with two attached hydrogens (primary N) is 1. The summed E-state index contributed by atoms with van der Waals surface area (Å²) in [6, 6.07) is 3.30. The van der Waals surface area contributed by atoms with Crippen molar-refractivity contribution in [2.24, 2.45) is 5.73 Å². The summed E-state index contributed by atoms with van der Waals surface area (Å²) in [6.07, 6.45) is 0.792. The zero-order valence-electron chi connectivity index (χ0n) is 12.7. The van der Waals surface area contributed by atoms with Crippen LogP contribution < -0.4 is 11.1 Å². The van der Waals surface area contributed by atoms with E-state index in [9.17, 15) is 4.39 Å². The zero-order chi connectivity index (χ0) is 16.6. The number of halogens is 2. The van der Waals surface area contributed by atoms with E-state index < -0.39 is 0 Å². The summed E-state index contributed by atoms with van der Waals surface area (Å²) >= 11 is 8.80. The number of nitrogens with zero attached hydrogens (tertiary/aromatic N) is 2. The van der Waals surface area contributed by atoms with Crippen LogP contribution in [0.4, 0.5) is 10.2 Å². The van der Waals surface area contributed by atoms with Crippen LogP contribution >= 0.6 is 34.3 Å². The molecule has 0 aliphatic rings.